The molecule has 0 unspecified atom stereocenters. The van der Waals surface area contributed by atoms with Crippen molar-refractivity contribution in [1.29, 1.82) is 0 Å². The average molecular weight is 656 g/mol. The Balaban J connectivity index is 1.19. The molecule has 9 nitrogen and oxygen atoms in total. The predicted octanol–water partition coefficient (Wildman–Crippen LogP) is 6.77. The normalized spacial score (nSPS) is 17.9. The van der Waals surface area contributed by atoms with Gasteiger partial charge in [0.1, 0.15) is 16.9 Å². The highest BCUT2D eigenvalue weighted by Crippen LogP contribution is 2.54. The van der Waals surface area contributed by atoms with E-state index in [4.69, 9.17) is 9.97 Å². The molecular weight excluding hydrogens is 608 g/mol. The fourth-order valence-electron chi connectivity index (χ4n) is 8.49. The van der Waals surface area contributed by atoms with Gasteiger partial charge in [0.2, 0.25) is 5.91 Å². The minimum Gasteiger partial charge on any atom is -0.373 e. The van der Waals surface area contributed by atoms with E-state index in [-0.39, 0.29) is 17.4 Å². The summed E-state index contributed by atoms with van der Waals surface area (Å²) in [5.74, 6) is 1.82. The van der Waals surface area contributed by atoms with Crippen molar-refractivity contribution in [3.63, 3.8) is 0 Å². The van der Waals surface area contributed by atoms with Crippen LogP contribution in [0.3, 0.4) is 0 Å². The lowest BCUT2D eigenvalue weighted by atomic mass is 9.69. The molecule has 0 bridgehead atoms. The minimum absolute atomic E-state index is 0.0864. The van der Waals surface area contributed by atoms with Crippen molar-refractivity contribution >= 4 is 28.6 Å². The van der Waals surface area contributed by atoms with Gasteiger partial charge < -0.3 is 20.0 Å². The number of pyridine rings is 2. The fourth-order valence-corrected chi connectivity index (χ4v) is 8.49. The molecule has 4 heterocycles. The van der Waals surface area contributed by atoms with Gasteiger partial charge in [-0.2, -0.15) is 0 Å². The number of hydrogen-bond donors (Lipinski definition) is 2. The Labute approximate surface area is 289 Å². The summed E-state index contributed by atoms with van der Waals surface area (Å²) >= 11 is 0. The van der Waals surface area contributed by atoms with Gasteiger partial charge in [-0.15, -0.1) is 0 Å². The highest BCUT2D eigenvalue weighted by molar-refractivity contribution is 5.85. The van der Waals surface area contributed by atoms with E-state index in [1.165, 1.54) is 37.7 Å². The number of imidazole rings is 1. The smallest absolute Gasteiger partial charge is 0.222 e. The zero-order valence-electron chi connectivity index (χ0n) is 29.1. The minimum atomic E-state index is 0.0864. The monoisotopic (exact) mass is 655 g/mol. The van der Waals surface area contributed by atoms with Crippen LogP contribution in [0.1, 0.15) is 50.5 Å². The Hall–Kier alpha value is -4.76. The SMILES string of the molecule is CNC(=O)C1CCN(c2cccc(-c3ccc4nc(-c5cccnc5NC)n(-c5ccc(C6([N+](C)(C)C7CC7)CCC6)cc5)c4n3)c2)CC1. The highest BCUT2D eigenvalue weighted by Gasteiger charge is 2.57. The van der Waals surface area contributed by atoms with Gasteiger partial charge in [-0.25, -0.2) is 15.0 Å². The summed E-state index contributed by atoms with van der Waals surface area (Å²) < 4.78 is 3.28. The second kappa shape index (κ2) is 12.3. The number of aromatic nitrogens is 4. The molecule has 9 heteroatoms. The summed E-state index contributed by atoms with van der Waals surface area (Å²) in [6.45, 7) is 1.72. The molecule has 2 aromatic carbocycles. The molecule has 0 radical (unpaired) electrons. The summed E-state index contributed by atoms with van der Waals surface area (Å²) in [5, 5.41) is 6.08. The van der Waals surface area contributed by atoms with Crippen molar-refractivity contribution in [2.24, 2.45) is 5.92 Å². The fraction of sp³-hybridized carbons (Fsp3) is 0.400. The number of carbonyl (C=O) groups is 1. The second-order valence-corrected chi connectivity index (χ2v) is 14.6. The van der Waals surface area contributed by atoms with Crippen molar-refractivity contribution in [2.45, 2.75) is 56.5 Å². The number of benzene rings is 2. The Morgan fingerprint density at radius 1 is 0.878 bits per heavy atom. The van der Waals surface area contributed by atoms with Crippen LogP contribution in [0.4, 0.5) is 11.5 Å². The van der Waals surface area contributed by atoms with Crippen molar-refractivity contribution in [2.75, 3.05) is 51.5 Å². The van der Waals surface area contributed by atoms with E-state index in [1.807, 2.05) is 13.1 Å². The lowest BCUT2D eigenvalue weighted by Gasteiger charge is -2.55. The molecule has 252 valence electrons. The molecule has 3 aromatic heterocycles. The van der Waals surface area contributed by atoms with Crippen LogP contribution in [0.2, 0.25) is 0 Å². The van der Waals surface area contributed by atoms with Crippen LogP contribution in [-0.2, 0) is 10.3 Å². The quantitative estimate of drug-likeness (QED) is 0.171. The second-order valence-electron chi connectivity index (χ2n) is 14.6. The van der Waals surface area contributed by atoms with Gasteiger partial charge in [-0.05, 0) is 67.8 Å². The number of anilines is 2. The van der Waals surface area contributed by atoms with E-state index in [2.05, 4.69) is 106 Å². The molecule has 1 aliphatic heterocycles. The summed E-state index contributed by atoms with van der Waals surface area (Å²) in [6, 6.07) is 26.8. The van der Waals surface area contributed by atoms with E-state index >= 15 is 0 Å². The molecule has 8 rings (SSSR count). The Kier molecular flexibility index (Phi) is 7.90. The first kappa shape index (κ1) is 31.5. The van der Waals surface area contributed by atoms with Crippen LogP contribution in [-0.4, -0.2) is 77.2 Å². The first-order valence-corrected chi connectivity index (χ1v) is 17.9. The maximum Gasteiger partial charge on any atom is 0.222 e. The molecule has 2 saturated carbocycles. The van der Waals surface area contributed by atoms with Gasteiger partial charge in [-0.3, -0.25) is 9.36 Å². The number of nitrogens with one attached hydrogen (secondary N) is 2. The molecule has 0 atom stereocenters. The van der Waals surface area contributed by atoms with Crippen molar-refractivity contribution in [3.05, 3.63) is 84.6 Å². The molecule has 5 aromatic rings. The standard InChI is InChI=1S/C40H46N8O/c1-41-36-33(10-6-23-43-36)37-45-35-18-17-34(28-8-5-9-31(26-28)46-24-19-27(20-25-46)39(49)42-2)44-38(35)47(37)30-13-11-29(12-14-30)40(21-7-22-40)48(3,4)32-15-16-32/h5-6,8-14,17-18,23,26-27,32H,7,15-16,19-22,24-25H2,1-4H3,(H-,41,42,43,45,49)/p+1. The maximum atomic E-state index is 12.2. The third kappa shape index (κ3) is 5.35. The summed E-state index contributed by atoms with van der Waals surface area (Å²) in [4.78, 5) is 29.7. The van der Waals surface area contributed by atoms with Gasteiger partial charge in [0.15, 0.2) is 11.5 Å². The molecule has 2 N–H and O–H groups in total. The van der Waals surface area contributed by atoms with Crippen molar-refractivity contribution in [1.82, 2.24) is 24.8 Å². The number of quaternary nitrogens is 1. The maximum absolute atomic E-state index is 12.2. The number of nitrogens with zero attached hydrogens (tertiary/aromatic N) is 6. The van der Waals surface area contributed by atoms with Gasteiger partial charge in [0.05, 0.1) is 31.4 Å². The molecule has 1 amide bonds. The van der Waals surface area contributed by atoms with Crippen molar-refractivity contribution < 1.29 is 9.28 Å². The number of piperidine rings is 1. The Morgan fingerprint density at radius 2 is 1.65 bits per heavy atom. The van der Waals surface area contributed by atoms with E-state index in [9.17, 15) is 4.79 Å². The molecular formula is C40H47N8O+. The molecule has 0 spiro atoms. The highest BCUT2D eigenvalue weighted by atomic mass is 16.1. The molecule has 49 heavy (non-hydrogen) atoms. The van der Waals surface area contributed by atoms with Crippen LogP contribution in [0.15, 0.2) is 79.0 Å². The number of amides is 1. The third-order valence-electron chi connectivity index (χ3n) is 11.8. The van der Waals surface area contributed by atoms with Gasteiger partial charge in [0.25, 0.3) is 0 Å². The lowest BCUT2D eigenvalue weighted by molar-refractivity contribution is -0.967. The largest absolute Gasteiger partial charge is 0.373 e. The topological polar surface area (TPSA) is 88.0 Å². The summed E-state index contributed by atoms with van der Waals surface area (Å²) in [5.41, 5.74) is 8.36. The number of carbonyl (C=O) groups excluding carboxylic acids is 1. The predicted molar refractivity (Wildman–Crippen MR) is 197 cm³/mol. The Bertz CT molecular complexity index is 2000. The zero-order valence-corrected chi connectivity index (χ0v) is 29.1. The van der Waals surface area contributed by atoms with Crippen LogP contribution < -0.4 is 15.5 Å². The first-order chi connectivity index (χ1) is 23.8. The van der Waals surface area contributed by atoms with E-state index in [0.29, 0.717) is 0 Å². The first-order valence-electron chi connectivity index (χ1n) is 17.9. The van der Waals surface area contributed by atoms with Gasteiger partial charge >= 0.3 is 0 Å². The average Bonchev–Trinajstić information content (AvgIpc) is 3.93. The zero-order chi connectivity index (χ0) is 33.8. The number of hydrogen-bond acceptors (Lipinski definition) is 6. The van der Waals surface area contributed by atoms with Crippen LogP contribution in [0.25, 0.3) is 39.5 Å². The number of rotatable bonds is 9. The lowest BCUT2D eigenvalue weighted by Crippen LogP contribution is -2.62. The summed E-state index contributed by atoms with van der Waals surface area (Å²) in [7, 11) is 8.51. The third-order valence-corrected chi connectivity index (χ3v) is 11.8. The molecule has 3 aliphatic rings. The van der Waals surface area contributed by atoms with E-state index < -0.39 is 0 Å². The Morgan fingerprint density at radius 3 is 2.33 bits per heavy atom. The summed E-state index contributed by atoms with van der Waals surface area (Å²) in [6.07, 6.45) is 9.97. The molecule has 2 aliphatic carbocycles. The molecule has 3 fully saturated rings. The number of fused-ring (bicyclic) bond motifs is 1. The van der Waals surface area contributed by atoms with E-state index in [1.54, 1.807) is 13.2 Å². The van der Waals surface area contributed by atoms with Crippen LogP contribution in [0, 0.1) is 5.92 Å². The molecule has 1 saturated heterocycles. The van der Waals surface area contributed by atoms with Gasteiger partial charge in [-0.1, -0.05) is 24.3 Å². The van der Waals surface area contributed by atoms with Crippen LogP contribution in [0.5, 0.6) is 0 Å². The van der Waals surface area contributed by atoms with Gasteiger partial charge in [0, 0.05) is 87.5 Å². The van der Waals surface area contributed by atoms with Crippen molar-refractivity contribution in [3.8, 4) is 28.3 Å². The van der Waals surface area contributed by atoms with Crippen LogP contribution >= 0.6 is 0 Å². The van der Waals surface area contributed by atoms with E-state index in [0.717, 1.165) is 87.5 Å².